The molecule has 0 saturated heterocycles. The van der Waals surface area contributed by atoms with Gasteiger partial charge in [-0.1, -0.05) is 147 Å². The molecule has 2 heterocycles. The first kappa shape index (κ1) is 39.5. The second-order valence-electron chi connectivity index (χ2n) is 14.4. The lowest BCUT2D eigenvalue weighted by Gasteiger charge is -2.24. The van der Waals surface area contributed by atoms with Crippen molar-refractivity contribution in [2.24, 2.45) is 0 Å². The number of nitrogens with zero attached hydrogens (tertiary/aromatic N) is 3. The van der Waals surface area contributed by atoms with E-state index in [0.717, 1.165) is 33.4 Å². The van der Waals surface area contributed by atoms with E-state index in [1.54, 1.807) is 0 Å². The van der Waals surface area contributed by atoms with Gasteiger partial charge in [0.25, 0.3) is 0 Å². The van der Waals surface area contributed by atoms with Crippen LogP contribution in [0.1, 0.15) is 0 Å². The summed E-state index contributed by atoms with van der Waals surface area (Å²) in [6.45, 7) is 0. The highest BCUT2D eigenvalue weighted by molar-refractivity contribution is 6.71. The molecule has 0 aliphatic carbocycles. The Kier molecular flexibility index (Phi) is 10.1. The Morgan fingerprint density at radius 3 is 1.13 bits per heavy atom. The van der Waals surface area contributed by atoms with E-state index in [1.165, 1.54) is 0 Å². The molecular weight excluding hydrogens is 717 g/mol. The van der Waals surface area contributed by atoms with Gasteiger partial charge in [-0.25, -0.2) is 15.0 Å². The Balaban J connectivity index is 1.23. The van der Waals surface area contributed by atoms with Gasteiger partial charge < -0.3 is 4.42 Å². The number of furan rings is 1. The smallest absolute Gasteiger partial charge is 0.164 e. The lowest BCUT2D eigenvalue weighted by atomic mass is 9.58. The van der Waals surface area contributed by atoms with E-state index in [1.807, 2.05) is 72.8 Å². The Labute approximate surface area is 362 Å². The van der Waals surface area contributed by atoms with Crippen molar-refractivity contribution in [1.82, 2.24) is 15.0 Å². The van der Waals surface area contributed by atoms with Crippen molar-refractivity contribution in [2.45, 2.75) is 0 Å². The third-order valence-electron chi connectivity index (χ3n) is 10.9. The zero-order valence-corrected chi connectivity index (χ0v) is 32.0. The first-order chi connectivity index (χ1) is 28.8. The molecule has 22 radical (unpaired) electrons. The van der Waals surface area contributed by atoms with Crippen LogP contribution in [0.3, 0.4) is 0 Å². The van der Waals surface area contributed by atoms with E-state index in [-0.39, 0.29) is 105 Å². The first-order valence-corrected chi connectivity index (χ1v) is 18.6. The average Bonchev–Trinajstić information content (AvgIpc) is 3.69. The fourth-order valence-electron chi connectivity index (χ4n) is 7.61. The van der Waals surface area contributed by atoms with Crippen molar-refractivity contribution < 1.29 is 4.42 Å². The number of rotatable bonds is 6. The van der Waals surface area contributed by atoms with Crippen LogP contribution in [0.4, 0.5) is 0 Å². The molecule has 0 amide bonds. The molecule has 0 saturated carbocycles. The summed E-state index contributed by atoms with van der Waals surface area (Å²) in [7, 11) is 72.2. The number of fused-ring (bicyclic) bond motifs is 3. The molecule has 0 spiro atoms. The lowest BCUT2D eigenvalue weighted by Crippen LogP contribution is -2.56. The molecule has 2 aromatic heterocycles. The molecule has 0 aliphatic heterocycles. The molecule has 0 N–H and O–H groups in total. The van der Waals surface area contributed by atoms with Gasteiger partial charge in [-0.2, -0.15) is 0 Å². The monoisotopic (exact) mass is 737 g/mol. The SMILES string of the molecule is [B]c1c([B])c([B])c(-c2c([B])c([B])c([B])c3c2oc2c([B])c([B])c(-c4nc(-c5ccccc5)nc(-c5ccc(-c6ccc(-c7ccccc7)cc6)cc5)n4)c([B])c23)c([B])c1[B]. The van der Waals surface area contributed by atoms with Gasteiger partial charge >= 0.3 is 0 Å². The van der Waals surface area contributed by atoms with Crippen LogP contribution in [-0.4, -0.2) is 101 Å². The van der Waals surface area contributed by atoms with Crippen LogP contribution in [0.2, 0.25) is 0 Å². The second kappa shape index (κ2) is 15.3. The maximum atomic E-state index is 7.08. The standard InChI is InChI=1S/C45H18B11N3O/c46-30-27-28-34(50)36(52)33(49)26(25-31(47)37(53)39(55)38(54)32(25)48)41(28)60-42(27)40(56)35(51)29(30)45-58-43(23-9-5-2-6-10-23)57-44(59-45)24-17-15-22(16-18-24)21-13-11-20(12-14-21)19-7-3-1-4-8-19/h1-18H. The molecular formula is C45H18B11N3O. The summed E-state index contributed by atoms with van der Waals surface area (Å²) in [5.74, 6) is 0.879. The van der Waals surface area contributed by atoms with E-state index in [4.69, 9.17) is 106 Å². The summed E-state index contributed by atoms with van der Waals surface area (Å²) >= 11 is 0. The maximum Gasteiger partial charge on any atom is 0.164 e. The second-order valence-corrected chi connectivity index (χ2v) is 14.4. The van der Waals surface area contributed by atoms with Crippen LogP contribution in [0, 0.1) is 0 Å². The minimum Gasteiger partial charge on any atom is -0.456 e. The van der Waals surface area contributed by atoms with Crippen molar-refractivity contribution in [3.63, 3.8) is 0 Å². The molecule has 0 aliphatic rings. The Morgan fingerprint density at radius 2 is 0.617 bits per heavy atom. The molecule has 0 atom stereocenters. The summed E-state index contributed by atoms with van der Waals surface area (Å²) in [4.78, 5) is 14.7. The first-order valence-electron chi connectivity index (χ1n) is 18.6. The molecule has 0 unspecified atom stereocenters. The fraction of sp³-hybridized carbons (Fsp3) is 0. The summed E-state index contributed by atoms with van der Waals surface area (Å²) in [5.41, 5.74) is 6.71. The molecule has 7 aromatic carbocycles. The predicted octanol–water partition coefficient (Wildman–Crippen LogP) is -1.50. The molecule has 4 nitrogen and oxygen atoms in total. The van der Waals surface area contributed by atoms with Crippen molar-refractivity contribution in [2.75, 3.05) is 0 Å². The fourth-order valence-corrected chi connectivity index (χ4v) is 7.61. The zero-order valence-electron chi connectivity index (χ0n) is 32.0. The van der Waals surface area contributed by atoms with Gasteiger partial charge in [-0.15, -0.1) is 21.9 Å². The Morgan fingerprint density at radius 1 is 0.267 bits per heavy atom. The van der Waals surface area contributed by atoms with Gasteiger partial charge in [0, 0.05) is 33.0 Å². The highest BCUT2D eigenvalue weighted by Gasteiger charge is 2.27. The topological polar surface area (TPSA) is 51.8 Å². The zero-order chi connectivity index (χ0) is 42.1. The quantitative estimate of drug-likeness (QED) is 0.196. The lowest BCUT2D eigenvalue weighted by molar-refractivity contribution is 0.673. The Bertz CT molecular complexity index is 3170. The molecule has 0 bridgehead atoms. The average molecular weight is 736 g/mol. The molecule has 9 rings (SSSR count). The highest BCUT2D eigenvalue weighted by atomic mass is 16.3. The van der Waals surface area contributed by atoms with Crippen LogP contribution in [-0.2, 0) is 0 Å². The number of hydrogen-bond acceptors (Lipinski definition) is 4. The van der Waals surface area contributed by atoms with Gasteiger partial charge in [0.1, 0.15) is 97.5 Å². The van der Waals surface area contributed by atoms with Crippen molar-refractivity contribution in [1.29, 1.82) is 0 Å². The third kappa shape index (κ3) is 6.36. The Hall–Kier alpha value is -5.94. The van der Waals surface area contributed by atoms with E-state index >= 15 is 0 Å². The van der Waals surface area contributed by atoms with Crippen LogP contribution >= 0.6 is 0 Å². The highest BCUT2D eigenvalue weighted by Crippen LogP contribution is 2.33. The summed E-state index contributed by atoms with van der Waals surface area (Å²) in [6, 6.07) is 36.0. The minimum atomic E-state index is -0.00620. The van der Waals surface area contributed by atoms with E-state index < -0.39 is 0 Å². The third-order valence-corrected chi connectivity index (χ3v) is 10.9. The maximum absolute atomic E-state index is 7.08. The summed E-state index contributed by atoms with van der Waals surface area (Å²) < 4.78 is 6.44. The minimum absolute atomic E-state index is 0.00173. The van der Waals surface area contributed by atoms with Crippen LogP contribution < -0.4 is 60.1 Å². The van der Waals surface area contributed by atoms with Crippen LogP contribution in [0.15, 0.2) is 114 Å². The summed E-state index contributed by atoms with van der Waals surface area (Å²) in [6.07, 6.45) is 0. The van der Waals surface area contributed by atoms with E-state index in [0.29, 0.717) is 11.6 Å². The largest absolute Gasteiger partial charge is 0.456 e. The van der Waals surface area contributed by atoms with Crippen molar-refractivity contribution in [3.05, 3.63) is 109 Å². The van der Waals surface area contributed by atoms with E-state index in [2.05, 4.69) is 36.4 Å². The molecule has 60 heavy (non-hydrogen) atoms. The number of benzene rings is 7. The molecule has 0 fully saturated rings. The number of aromatic nitrogens is 3. The van der Waals surface area contributed by atoms with Crippen molar-refractivity contribution >= 4 is 168 Å². The van der Waals surface area contributed by atoms with Crippen molar-refractivity contribution in [3.8, 4) is 67.5 Å². The van der Waals surface area contributed by atoms with Gasteiger partial charge in [0.2, 0.25) is 0 Å². The summed E-state index contributed by atoms with van der Waals surface area (Å²) in [5, 5.41) is 0.534. The van der Waals surface area contributed by atoms with Crippen LogP contribution in [0.25, 0.3) is 89.5 Å². The van der Waals surface area contributed by atoms with Gasteiger partial charge in [-0.3, -0.25) is 0 Å². The molecule has 15 heteroatoms. The van der Waals surface area contributed by atoms with Gasteiger partial charge in [0.05, 0.1) is 0 Å². The van der Waals surface area contributed by atoms with E-state index in [9.17, 15) is 0 Å². The van der Waals surface area contributed by atoms with Gasteiger partial charge in [-0.05, 0) is 27.8 Å². The predicted molar refractivity (Wildman–Crippen MR) is 259 cm³/mol. The molecule has 252 valence electrons. The molecule has 9 aromatic rings. The van der Waals surface area contributed by atoms with Gasteiger partial charge in [0.15, 0.2) is 17.5 Å². The van der Waals surface area contributed by atoms with Crippen LogP contribution in [0.5, 0.6) is 0 Å². The number of hydrogen-bond donors (Lipinski definition) is 0. The normalized spacial score (nSPS) is 11.4.